The summed E-state index contributed by atoms with van der Waals surface area (Å²) >= 11 is 0. The van der Waals surface area contributed by atoms with Crippen LogP contribution in [-0.4, -0.2) is 42.5 Å². The van der Waals surface area contributed by atoms with Crippen molar-refractivity contribution in [3.05, 3.63) is 0 Å². The summed E-state index contributed by atoms with van der Waals surface area (Å²) in [6.07, 6.45) is 5.51. The van der Waals surface area contributed by atoms with Gasteiger partial charge < -0.3 is 4.90 Å². The fourth-order valence-electron chi connectivity index (χ4n) is 2.38. The van der Waals surface area contributed by atoms with Crippen molar-refractivity contribution in [2.24, 2.45) is 21.8 Å². The van der Waals surface area contributed by atoms with Gasteiger partial charge in [-0.1, -0.05) is 13.3 Å². The lowest BCUT2D eigenvalue weighted by Crippen LogP contribution is -2.39. The predicted octanol–water partition coefficient (Wildman–Crippen LogP) is 1.75. The van der Waals surface area contributed by atoms with E-state index in [0.29, 0.717) is 6.54 Å². The minimum atomic E-state index is -0.105. The summed E-state index contributed by atoms with van der Waals surface area (Å²) in [6, 6.07) is 0. The van der Waals surface area contributed by atoms with Gasteiger partial charge in [0.15, 0.2) is 0 Å². The van der Waals surface area contributed by atoms with Crippen LogP contribution in [0.1, 0.15) is 33.1 Å². The number of carbonyl (C=O) groups excluding carboxylic acids is 1. The number of guanidine groups is 1. The van der Waals surface area contributed by atoms with E-state index in [1.807, 2.05) is 0 Å². The number of ketones is 1. The molecule has 0 aliphatic carbocycles. The molecule has 17 heavy (non-hydrogen) atoms. The number of aliphatic imine (C=N–C) groups is 2. The Hall–Kier alpha value is -1.19. The van der Waals surface area contributed by atoms with Crippen LogP contribution >= 0.6 is 0 Å². The Morgan fingerprint density at radius 2 is 2.18 bits per heavy atom. The van der Waals surface area contributed by atoms with Crippen LogP contribution in [0.25, 0.3) is 0 Å². The number of Topliss-reactive ketones (excluding diaryl/α,β-unsaturated/α-hetero) is 1. The zero-order valence-electron chi connectivity index (χ0n) is 10.7. The Morgan fingerprint density at radius 1 is 1.47 bits per heavy atom. The highest BCUT2D eigenvalue weighted by Crippen LogP contribution is 2.21. The first kappa shape index (κ1) is 12.3. The van der Waals surface area contributed by atoms with Gasteiger partial charge in [-0.05, 0) is 25.7 Å². The van der Waals surface area contributed by atoms with Gasteiger partial charge in [0.05, 0.1) is 12.5 Å². The van der Waals surface area contributed by atoms with Crippen molar-refractivity contribution in [1.82, 2.24) is 4.90 Å². The van der Waals surface area contributed by atoms with Gasteiger partial charge >= 0.3 is 0 Å². The van der Waals surface area contributed by atoms with Crippen LogP contribution in [0.2, 0.25) is 0 Å². The average Bonchev–Trinajstić information content (AvgIpc) is 2.39. The van der Waals surface area contributed by atoms with E-state index >= 15 is 0 Å². The molecule has 4 nitrogen and oxygen atoms in total. The summed E-state index contributed by atoms with van der Waals surface area (Å²) in [7, 11) is 0. The zero-order chi connectivity index (χ0) is 12.3. The second-order valence-electron chi connectivity index (χ2n) is 4.97. The van der Waals surface area contributed by atoms with Crippen LogP contribution in [0.15, 0.2) is 9.98 Å². The molecule has 2 aliphatic heterocycles. The third-order valence-electron chi connectivity index (χ3n) is 3.80. The van der Waals surface area contributed by atoms with Gasteiger partial charge in [0, 0.05) is 19.3 Å². The molecule has 1 fully saturated rings. The number of rotatable bonds is 2. The molecule has 2 rings (SSSR count). The molecule has 2 aliphatic rings. The van der Waals surface area contributed by atoms with Gasteiger partial charge in [-0.25, -0.2) is 4.99 Å². The summed E-state index contributed by atoms with van der Waals surface area (Å²) in [5.74, 6) is 1.75. The van der Waals surface area contributed by atoms with Gasteiger partial charge in [-0.15, -0.1) is 0 Å². The maximum Gasteiger partial charge on any atom is 0.220 e. The van der Waals surface area contributed by atoms with E-state index in [2.05, 4.69) is 21.8 Å². The van der Waals surface area contributed by atoms with E-state index in [9.17, 15) is 4.79 Å². The molecule has 0 aromatic rings. The largest absolute Gasteiger partial charge is 0.341 e. The van der Waals surface area contributed by atoms with E-state index < -0.39 is 0 Å². The Kier molecular flexibility index (Phi) is 3.92. The lowest BCUT2D eigenvalue weighted by Gasteiger charge is -2.33. The molecule has 0 bridgehead atoms. The highest BCUT2D eigenvalue weighted by Gasteiger charge is 2.23. The van der Waals surface area contributed by atoms with Crippen LogP contribution in [0, 0.1) is 11.8 Å². The molecule has 0 spiro atoms. The minimum Gasteiger partial charge on any atom is -0.341 e. The molecule has 2 heterocycles. The fourth-order valence-corrected chi connectivity index (χ4v) is 2.38. The molecule has 1 atom stereocenters. The van der Waals surface area contributed by atoms with E-state index in [4.69, 9.17) is 0 Å². The molecule has 1 unspecified atom stereocenters. The molecular formula is C13H21N3O. The number of nitrogens with zero attached hydrogens (tertiary/aromatic N) is 3. The average molecular weight is 235 g/mol. The van der Waals surface area contributed by atoms with Gasteiger partial charge in [-0.2, -0.15) is 0 Å². The van der Waals surface area contributed by atoms with E-state index in [0.717, 1.165) is 25.0 Å². The summed E-state index contributed by atoms with van der Waals surface area (Å²) in [5, 5.41) is 0. The van der Waals surface area contributed by atoms with Crippen LogP contribution < -0.4 is 0 Å². The quantitative estimate of drug-likeness (QED) is 0.732. The van der Waals surface area contributed by atoms with Gasteiger partial charge in [0.1, 0.15) is 5.78 Å². The Bertz CT molecular complexity index is 341. The summed E-state index contributed by atoms with van der Waals surface area (Å²) in [6.45, 7) is 6.54. The zero-order valence-corrected chi connectivity index (χ0v) is 10.7. The normalized spacial score (nSPS) is 25.9. The first-order chi connectivity index (χ1) is 8.20. The molecule has 0 aromatic heterocycles. The minimum absolute atomic E-state index is 0.105. The standard InChI is InChI=1S/C13H21N3O/c1-3-11-4-6-16(7-5-11)13-14-8-12(9-15-13)10(2)17/h8,11-12H,3-7,9H2,1-2H3. The van der Waals surface area contributed by atoms with Crippen LogP contribution in [0.3, 0.4) is 0 Å². The van der Waals surface area contributed by atoms with E-state index in [1.165, 1.54) is 19.3 Å². The number of piperidine rings is 1. The van der Waals surface area contributed by atoms with Crippen molar-refractivity contribution in [3.8, 4) is 0 Å². The number of carbonyl (C=O) groups is 1. The molecular weight excluding hydrogens is 214 g/mol. The van der Waals surface area contributed by atoms with Gasteiger partial charge in [0.25, 0.3) is 0 Å². The van der Waals surface area contributed by atoms with E-state index in [1.54, 1.807) is 13.1 Å². The third-order valence-corrected chi connectivity index (χ3v) is 3.80. The molecule has 0 saturated carbocycles. The predicted molar refractivity (Wildman–Crippen MR) is 69.6 cm³/mol. The summed E-state index contributed by atoms with van der Waals surface area (Å²) in [4.78, 5) is 22.2. The van der Waals surface area contributed by atoms with Crippen molar-refractivity contribution < 1.29 is 4.79 Å². The molecule has 0 amide bonds. The second-order valence-corrected chi connectivity index (χ2v) is 4.97. The number of likely N-dealkylation sites (tertiary alicyclic amines) is 1. The fraction of sp³-hybridized carbons (Fsp3) is 0.769. The summed E-state index contributed by atoms with van der Waals surface area (Å²) in [5.41, 5.74) is 0. The topological polar surface area (TPSA) is 45.0 Å². The molecule has 94 valence electrons. The van der Waals surface area contributed by atoms with Crippen molar-refractivity contribution in [2.45, 2.75) is 33.1 Å². The second kappa shape index (κ2) is 5.43. The van der Waals surface area contributed by atoms with Gasteiger partial charge in [0.2, 0.25) is 5.96 Å². The van der Waals surface area contributed by atoms with Crippen LogP contribution in [0.5, 0.6) is 0 Å². The number of hydrogen-bond acceptors (Lipinski definition) is 4. The van der Waals surface area contributed by atoms with Gasteiger partial charge in [-0.3, -0.25) is 9.79 Å². The summed E-state index contributed by atoms with van der Waals surface area (Å²) < 4.78 is 0. The Morgan fingerprint density at radius 3 is 2.65 bits per heavy atom. The smallest absolute Gasteiger partial charge is 0.220 e. The lowest BCUT2D eigenvalue weighted by atomic mass is 9.94. The van der Waals surface area contributed by atoms with Crippen molar-refractivity contribution in [1.29, 1.82) is 0 Å². The van der Waals surface area contributed by atoms with Crippen molar-refractivity contribution in [3.63, 3.8) is 0 Å². The molecule has 0 aromatic carbocycles. The van der Waals surface area contributed by atoms with E-state index in [-0.39, 0.29) is 11.7 Å². The van der Waals surface area contributed by atoms with Crippen molar-refractivity contribution >= 4 is 18.0 Å². The Labute approximate surface area is 103 Å². The molecule has 1 saturated heterocycles. The SMILES string of the molecule is CCC1CCN(C2=NCC(C(C)=O)C=N2)CC1. The molecule has 0 radical (unpaired) electrons. The third kappa shape index (κ3) is 2.93. The molecule has 4 heteroatoms. The highest BCUT2D eigenvalue weighted by atomic mass is 16.1. The first-order valence-electron chi connectivity index (χ1n) is 6.54. The number of hydrogen-bond donors (Lipinski definition) is 0. The van der Waals surface area contributed by atoms with Crippen LogP contribution in [-0.2, 0) is 4.79 Å². The Balaban J connectivity index is 1.89. The lowest BCUT2D eigenvalue weighted by molar-refractivity contribution is -0.118. The maximum absolute atomic E-state index is 11.2. The molecule has 0 N–H and O–H groups in total. The highest BCUT2D eigenvalue weighted by molar-refractivity contribution is 6.00. The van der Waals surface area contributed by atoms with Crippen molar-refractivity contribution in [2.75, 3.05) is 19.6 Å². The maximum atomic E-state index is 11.2. The first-order valence-corrected chi connectivity index (χ1v) is 6.54. The van der Waals surface area contributed by atoms with Crippen LogP contribution in [0.4, 0.5) is 0 Å². The monoisotopic (exact) mass is 235 g/mol.